The molecule has 2 aromatic carbocycles. The van der Waals surface area contributed by atoms with Crippen molar-refractivity contribution in [3.05, 3.63) is 58.1 Å². The Kier molecular flexibility index (Phi) is 6.82. The van der Waals surface area contributed by atoms with Crippen LogP contribution in [0.25, 0.3) is 0 Å². The summed E-state index contributed by atoms with van der Waals surface area (Å²) in [7, 11) is 0. The Hall–Kier alpha value is -2.54. The molecule has 0 atom stereocenters. The van der Waals surface area contributed by atoms with E-state index in [-0.39, 0.29) is 6.61 Å². The van der Waals surface area contributed by atoms with E-state index in [2.05, 4.69) is 26.8 Å². The van der Waals surface area contributed by atoms with Gasteiger partial charge >= 0.3 is 0 Å². The molecule has 2 N–H and O–H groups in total. The number of ether oxygens (including phenoxy) is 2. The predicted octanol–water partition coefficient (Wildman–Crippen LogP) is 3.00. The molecule has 0 unspecified atom stereocenters. The monoisotopic (exact) mass is 406 g/mol. The zero-order chi connectivity index (χ0) is 18.2. The highest BCUT2D eigenvalue weighted by Gasteiger charge is 2.14. The van der Waals surface area contributed by atoms with Crippen molar-refractivity contribution in [2.45, 2.75) is 13.8 Å². The second kappa shape index (κ2) is 9.08. The molecule has 0 fully saturated rings. The first-order chi connectivity index (χ1) is 12.0. The largest absolute Gasteiger partial charge is 0.493 e. The third-order valence-electron chi connectivity index (χ3n) is 3.19. The van der Waals surface area contributed by atoms with Crippen LogP contribution >= 0.6 is 15.9 Å². The first kappa shape index (κ1) is 18.8. The molecule has 6 nitrogen and oxygen atoms in total. The number of hydrazine groups is 1. The standard InChI is InChI=1S/C18H19BrN2O4/c1-3-24-16-9-6-13(19)10-15(16)18(23)21-20-17(22)11-25-14-7-4-12(2)5-8-14/h4-10H,3,11H2,1-2H3,(H,20,22)(H,21,23). The molecule has 0 saturated heterocycles. The van der Waals surface area contributed by atoms with E-state index in [0.29, 0.717) is 23.7 Å². The van der Waals surface area contributed by atoms with Crippen LogP contribution in [0.15, 0.2) is 46.9 Å². The lowest BCUT2D eigenvalue weighted by molar-refractivity contribution is -0.123. The average Bonchev–Trinajstić information content (AvgIpc) is 2.61. The van der Waals surface area contributed by atoms with Crippen LogP contribution < -0.4 is 20.3 Å². The van der Waals surface area contributed by atoms with Gasteiger partial charge in [0, 0.05) is 4.47 Å². The zero-order valence-corrected chi connectivity index (χ0v) is 15.6. The van der Waals surface area contributed by atoms with E-state index in [4.69, 9.17) is 9.47 Å². The molecule has 0 radical (unpaired) electrons. The van der Waals surface area contributed by atoms with Crippen molar-refractivity contribution < 1.29 is 19.1 Å². The van der Waals surface area contributed by atoms with E-state index in [1.807, 2.05) is 26.0 Å². The van der Waals surface area contributed by atoms with Gasteiger partial charge in [-0.2, -0.15) is 0 Å². The van der Waals surface area contributed by atoms with Crippen molar-refractivity contribution in [3.63, 3.8) is 0 Å². The number of amides is 2. The molecule has 0 heterocycles. The second-order valence-electron chi connectivity index (χ2n) is 5.18. The Morgan fingerprint density at radius 1 is 1.04 bits per heavy atom. The van der Waals surface area contributed by atoms with E-state index < -0.39 is 11.8 Å². The number of halogens is 1. The van der Waals surface area contributed by atoms with Crippen LogP contribution in [0.1, 0.15) is 22.8 Å². The summed E-state index contributed by atoms with van der Waals surface area (Å²) < 4.78 is 11.5. The molecule has 0 aliphatic heterocycles. The number of nitrogens with one attached hydrogen (secondary N) is 2. The van der Waals surface area contributed by atoms with Crippen molar-refractivity contribution >= 4 is 27.7 Å². The van der Waals surface area contributed by atoms with E-state index in [9.17, 15) is 9.59 Å². The number of carbonyl (C=O) groups excluding carboxylic acids is 2. The van der Waals surface area contributed by atoms with Crippen LogP contribution in [0.3, 0.4) is 0 Å². The molecule has 25 heavy (non-hydrogen) atoms. The van der Waals surface area contributed by atoms with Gasteiger partial charge in [0.25, 0.3) is 11.8 Å². The molecular weight excluding hydrogens is 388 g/mol. The summed E-state index contributed by atoms with van der Waals surface area (Å²) in [5.74, 6) is 0.0707. The lowest BCUT2D eigenvalue weighted by Gasteiger charge is -2.12. The Labute approximate surface area is 154 Å². The lowest BCUT2D eigenvalue weighted by Crippen LogP contribution is -2.43. The first-order valence-electron chi connectivity index (χ1n) is 7.70. The highest BCUT2D eigenvalue weighted by atomic mass is 79.9. The highest BCUT2D eigenvalue weighted by Crippen LogP contribution is 2.23. The van der Waals surface area contributed by atoms with Crippen LogP contribution in [-0.4, -0.2) is 25.0 Å². The van der Waals surface area contributed by atoms with Gasteiger partial charge in [-0.05, 0) is 44.2 Å². The van der Waals surface area contributed by atoms with Crippen LogP contribution in [-0.2, 0) is 4.79 Å². The van der Waals surface area contributed by atoms with Gasteiger partial charge in [0.15, 0.2) is 6.61 Å². The summed E-state index contributed by atoms with van der Waals surface area (Å²) in [6.07, 6.45) is 0. The Balaban J connectivity index is 1.87. The van der Waals surface area contributed by atoms with Crippen LogP contribution in [0.2, 0.25) is 0 Å². The molecule has 2 aromatic rings. The maximum atomic E-state index is 12.2. The predicted molar refractivity (Wildman–Crippen MR) is 97.6 cm³/mol. The molecule has 0 aliphatic carbocycles. The number of benzene rings is 2. The summed E-state index contributed by atoms with van der Waals surface area (Å²) in [6, 6.07) is 12.4. The van der Waals surface area contributed by atoms with E-state index in [0.717, 1.165) is 10.0 Å². The Bertz CT molecular complexity index is 747. The van der Waals surface area contributed by atoms with Crippen molar-refractivity contribution in [1.82, 2.24) is 10.9 Å². The molecule has 132 valence electrons. The molecule has 0 saturated carbocycles. The molecule has 0 bridgehead atoms. The summed E-state index contributed by atoms with van der Waals surface area (Å²) in [5, 5.41) is 0. The summed E-state index contributed by atoms with van der Waals surface area (Å²) in [5.41, 5.74) is 6.08. The fourth-order valence-electron chi connectivity index (χ4n) is 1.97. The van der Waals surface area contributed by atoms with Gasteiger partial charge in [-0.3, -0.25) is 20.4 Å². The molecule has 0 aromatic heterocycles. The lowest BCUT2D eigenvalue weighted by atomic mass is 10.2. The van der Waals surface area contributed by atoms with E-state index in [1.165, 1.54) is 0 Å². The molecule has 0 aliphatic rings. The van der Waals surface area contributed by atoms with Crippen LogP contribution in [0.4, 0.5) is 0 Å². The smallest absolute Gasteiger partial charge is 0.276 e. The zero-order valence-electron chi connectivity index (χ0n) is 14.0. The highest BCUT2D eigenvalue weighted by molar-refractivity contribution is 9.10. The van der Waals surface area contributed by atoms with E-state index >= 15 is 0 Å². The van der Waals surface area contributed by atoms with Crippen LogP contribution in [0, 0.1) is 6.92 Å². The average molecular weight is 407 g/mol. The summed E-state index contributed by atoms with van der Waals surface area (Å²) >= 11 is 3.31. The topological polar surface area (TPSA) is 76.7 Å². The van der Waals surface area contributed by atoms with Crippen molar-refractivity contribution in [2.24, 2.45) is 0 Å². The summed E-state index contributed by atoms with van der Waals surface area (Å²) in [6.45, 7) is 4.01. The minimum Gasteiger partial charge on any atom is -0.493 e. The Morgan fingerprint density at radius 2 is 1.76 bits per heavy atom. The van der Waals surface area contributed by atoms with Crippen molar-refractivity contribution in [3.8, 4) is 11.5 Å². The maximum absolute atomic E-state index is 12.2. The maximum Gasteiger partial charge on any atom is 0.276 e. The van der Waals surface area contributed by atoms with E-state index in [1.54, 1.807) is 30.3 Å². The number of rotatable bonds is 6. The van der Waals surface area contributed by atoms with Gasteiger partial charge in [0.2, 0.25) is 0 Å². The van der Waals surface area contributed by atoms with Crippen LogP contribution in [0.5, 0.6) is 11.5 Å². The number of aryl methyl sites for hydroxylation is 1. The van der Waals surface area contributed by atoms with Gasteiger partial charge in [-0.25, -0.2) is 0 Å². The normalized spacial score (nSPS) is 10.0. The number of hydrogen-bond acceptors (Lipinski definition) is 4. The summed E-state index contributed by atoms with van der Waals surface area (Å²) in [4.78, 5) is 24.0. The molecular formula is C18H19BrN2O4. The fraction of sp³-hybridized carbons (Fsp3) is 0.222. The minimum absolute atomic E-state index is 0.208. The quantitative estimate of drug-likeness (QED) is 0.722. The molecule has 2 rings (SSSR count). The van der Waals surface area contributed by atoms with Gasteiger partial charge < -0.3 is 9.47 Å². The molecule has 0 spiro atoms. The van der Waals surface area contributed by atoms with Gasteiger partial charge in [0.1, 0.15) is 11.5 Å². The SMILES string of the molecule is CCOc1ccc(Br)cc1C(=O)NNC(=O)COc1ccc(C)cc1. The number of carbonyl (C=O) groups is 2. The first-order valence-corrected chi connectivity index (χ1v) is 8.50. The fourth-order valence-corrected chi connectivity index (χ4v) is 2.34. The molecule has 2 amide bonds. The second-order valence-corrected chi connectivity index (χ2v) is 6.09. The number of hydrogen-bond donors (Lipinski definition) is 2. The van der Waals surface area contributed by atoms with Gasteiger partial charge in [-0.1, -0.05) is 33.6 Å². The third-order valence-corrected chi connectivity index (χ3v) is 3.69. The third kappa shape index (κ3) is 5.79. The minimum atomic E-state index is -0.478. The Morgan fingerprint density at radius 3 is 2.44 bits per heavy atom. The van der Waals surface area contributed by atoms with Gasteiger partial charge in [-0.15, -0.1) is 0 Å². The van der Waals surface area contributed by atoms with Crippen molar-refractivity contribution in [2.75, 3.05) is 13.2 Å². The molecule has 7 heteroatoms. The van der Waals surface area contributed by atoms with Crippen molar-refractivity contribution in [1.29, 1.82) is 0 Å². The van der Waals surface area contributed by atoms with Gasteiger partial charge in [0.05, 0.1) is 12.2 Å².